The first-order valence-corrected chi connectivity index (χ1v) is 5.30. The Morgan fingerprint density at radius 3 is 2.94 bits per heavy atom. The monoisotopic (exact) mass is 240 g/mol. The van der Waals surface area contributed by atoms with Crippen LogP contribution in [0.1, 0.15) is 18.9 Å². The highest BCUT2D eigenvalue weighted by molar-refractivity contribution is 5.67. The van der Waals surface area contributed by atoms with E-state index in [1.54, 1.807) is 25.1 Å². The van der Waals surface area contributed by atoms with Gasteiger partial charge >= 0.3 is 5.97 Å². The largest absolute Gasteiger partial charge is 0.481 e. The van der Waals surface area contributed by atoms with Crippen LogP contribution in [0.3, 0.4) is 0 Å². The average molecular weight is 240 g/mol. The molecular weight excluding hydrogens is 227 g/mol. The highest BCUT2D eigenvalue weighted by Crippen LogP contribution is 2.35. The molecule has 1 saturated heterocycles. The minimum Gasteiger partial charge on any atom is -0.481 e. The van der Waals surface area contributed by atoms with Crippen molar-refractivity contribution in [1.29, 1.82) is 0 Å². The van der Waals surface area contributed by atoms with Crippen LogP contribution in [-0.4, -0.2) is 23.8 Å². The molecule has 0 spiro atoms. The predicted molar refractivity (Wildman–Crippen MR) is 56.8 cm³/mol. The molecule has 1 fully saturated rings. The van der Waals surface area contributed by atoms with Gasteiger partial charge in [0.2, 0.25) is 0 Å². The quantitative estimate of drug-likeness (QED) is 0.876. The number of benzene rings is 1. The van der Waals surface area contributed by atoms with E-state index in [0.717, 1.165) is 0 Å². The van der Waals surface area contributed by atoms with Crippen LogP contribution in [0.4, 0.5) is 4.39 Å². The normalized spacial score (nSPS) is 28.2. The molecule has 5 heteroatoms. The third-order valence-corrected chi connectivity index (χ3v) is 2.70. The summed E-state index contributed by atoms with van der Waals surface area (Å²) in [5, 5.41) is 8.66. The third-order valence-electron chi connectivity index (χ3n) is 2.70. The molecule has 0 radical (unpaired) electrons. The highest BCUT2D eigenvalue weighted by atomic mass is 19.1. The van der Waals surface area contributed by atoms with Crippen LogP contribution in [-0.2, 0) is 20.1 Å². The summed E-state index contributed by atoms with van der Waals surface area (Å²) < 4.78 is 24.5. The number of carbonyl (C=O) groups is 1. The van der Waals surface area contributed by atoms with E-state index >= 15 is 0 Å². The third kappa shape index (κ3) is 2.45. The Balaban J connectivity index is 2.17. The Labute approximate surface area is 98.0 Å². The maximum absolute atomic E-state index is 13.6. The van der Waals surface area contributed by atoms with Crippen molar-refractivity contribution in [2.75, 3.05) is 6.61 Å². The van der Waals surface area contributed by atoms with Gasteiger partial charge in [-0.2, -0.15) is 0 Å². The Kier molecular flexibility index (Phi) is 3.13. The summed E-state index contributed by atoms with van der Waals surface area (Å²) in [6.45, 7) is 1.74. The van der Waals surface area contributed by atoms with Crippen LogP contribution in [0.15, 0.2) is 24.3 Å². The SMILES string of the molecule is CC1(c2ccccc2F)OCC(CC(=O)O)O1. The van der Waals surface area contributed by atoms with E-state index in [4.69, 9.17) is 14.6 Å². The molecule has 0 bridgehead atoms. The van der Waals surface area contributed by atoms with Crippen molar-refractivity contribution >= 4 is 5.97 Å². The fraction of sp³-hybridized carbons (Fsp3) is 0.417. The summed E-state index contributed by atoms with van der Waals surface area (Å²) in [5.41, 5.74) is 0.285. The zero-order valence-corrected chi connectivity index (χ0v) is 9.35. The molecule has 1 aromatic carbocycles. The second-order valence-corrected chi connectivity index (χ2v) is 4.07. The molecule has 1 aromatic rings. The molecule has 0 aliphatic carbocycles. The van der Waals surface area contributed by atoms with Crippen molar-refractivity contribution in [3.05, 3.63) is 35.6 Å². The van der Waals surface area contributed by atoms with Crippen LogP contribution in [0.2, 0.25) is 0 Å². The molecule has 4 nitrogen and oxygen atoms in total. The number of aliphatic carboxylic acids is 1. The smallest absolute Gasteiger partial charge is 0.306 e. The van der Waals surface area contributed by atoms with Gasteiger partial charge < -0.3 is 14.6 Å². The van der Waals surface area contributed by atoms with Gasteiger partial charge in [0.05, 0.1) is 19.1 Å². The van der Waals surface area contributed by atoms with Gasteiger partial charge in [0.15, 0.2) is 5.79 Å². The van der Waals surface area contributed by atoms with E-state index in [0.29, 0.717) is 0 Å². The van der Waals surface area contributed by atoms with Crippen LogP contribution in [0.5, 0.6) is 0 Å². The van der Waals surface area contributed by atoms with Gasteiger partial charge in [-0.1, -0.05) is 18.2 Å². The number of ether oxygens (including phenoxy) is 2. The average Bonchev–Trinajstić information content (AvgIpc) is 2.60. The maximum atomic E-state index is 13.6. The number of carboxylic acid groups (broad SMARTS) is 1. The van der Waals surface area contributed by atoms with E-state index in [2.05, 4.69) is 0 Å². The first-order chi connectivity index (χ1) is 8.01. The van der Waals surface area contributed by atoms with E-state index in [-0.39, 0.29) is 18.6 Å². The maximum Gasteiger partial charge on any atom is 0.306 e. The summed E-state index contributed by atoms with van der Waals surface area (Å²) >= 11 is 0. The molecule has 1 N–H and O–H groups in total. The summed E-state index contributed by atoms with van der Waals surface area (Å²) in [6, 6.07) is 6.14. The minimum atomic E-state index is -1.20. The molecule has 1 heterocycles. The van der Waals surface area contributed by atoms with Crippen LogP contribution in [0, 0.1) is 5.82 Å². The van der Waals surface area contributed by atoms with Gasteiger partial charge in [-0.3, -0.25) is 4.79 Å². The zero-order chi connectivity index (χ0) is 12.5. The fourth-order valence-corrected chi connectivity index (χ4v) is 1.90. The zero-order valence-electron chi connectivity index (χ0n) is 9.35. The minimum absolute atomic E-state index is 0.149. The molecule has 2 rings (SSSR count). The van der Waals surface area contributed by atoms with Crippen molar-refractivity contribution < 1.29 is 23.8 Å². The topological polar surface area (TPSA) is 55.8 Å². The summed E-state index contributed by atoms with van der Waals surface area (Å²) in [5.74, 6) is -2.59. The summed E-state index contributed by atoms with van der Waals surface area (Å²) in [7, 11) is 0. The lowest BCUT2D eigenvalue weighted by Gasteiger charge is -2.23. The molecular formula is C12H13FO4. The lowest BCUT2D eigenvalue weighted by atomic mass is 10.1. The number of hydrogen-bond acceptors (Lipinski definition) is 3. The van der Waals surface area contributed by atoms with Crippen molar-refractivity contribution in [3.63, 3.8) is 0 Å². The molecule has 0 saturated carbocycles. The van der Waals surface area contributed by atoms with Crippen molar-refractivity contribution in [2.45, 2.75) is 25.2 Å². The van der Waals surface area contributed by atoms with Crippen LogP contribution >= 0.6 is 0 Å². The number of halogens is 1. The number of rotatable bonds is 3. The summed E-state index contributed by atoms with van der Waals surface area (Å²) in [6.07, 6.45) is -0.693. The van der Waals surface area contributed by atoms with E-state index < -0.39 is 23.7 Å². The molecule has 2 unspecified atom stereocenters. The first kappa shape index (κ1) is 12.0. The van der Waals surface area contributed by atoms with Gasteiger partial charge in [0.1, 0.15) is 5.82 Å². The molecule has 2 atom stereocenters. The molecule has 17 heavy (non-hydrogen) atoms. The lowest BCUT2D eigenvalue weighted by Crippen LogP contribution is -2.26. The van der Waals surface area contributed by atoms with Gasteiger partial charge in [-0.15, -0.1) is 0 Å². The molecule has 1 aliphatic rings. The van der Waals surface area contributed by atoms with Crippen LogP contribution in [0.25, 0.3) is 0 Å². The number of hydrogen-bond donors (Lipinski definition) is 1. The second kappa shape index (κ2) is 4.43. The number of carboxylic acids is 1. The molecule has 0 aromatic heterocycles. The first-order valence-electron chi connectivity index (χ1n) is 5.30. The Morgan fingerprint density at radius 1 is 1.59 bits per heavy atom. The lowest BCUT2D eigenvalue weighted by molar-refractivity contribution is -0.167. The van der Waals surface area contributed by atoms with Gasteiger partial charge in [-0.25, -0.2) is 4.39 Å². The Bertz CT molecular complexity index is 434. The fourth-order valence-electron chi connectivity index (χ4n) is 1.90. The standard InChI is InChI=1S/C12H13FO4/c1-12(9-4-2-3-5-10(9)13)16-7-8(17-12)6-11(14)15/h2-5,8H,6-7H2,1H3,(H,14,15). The molecule has 92 valence electrons. The van der Waals surface area contributed by atoms with Crippen molar-refractivity contribution in [3.8, 4) is 0 Å². The predicted octanol–water partition coefficient (Wildman–Crippen LogP) is 1.89. The van der Waals surface area contributed by atoms with Gasteiger partial charge in [0, 0.05) is 5.56 Å². The van der Waals surface area contributed by atoms with E-state index in [1.807, 2.05) is 0 Å². The van der Waals surface area contributed by atoms with Gasteiger partial charge in [0.25, 0.3) is 0 Å². The molecule has 0 amide bonds. The second-order valence-electron chi connectivity index (χ2n) is 4.07. The van der Waals surface area contributed by atoms with Crippen LogP contribution < -0.4 is 0 Å². The van der Waals surface area contributed by atoms with Crippen molar-refractivity contribution in [1.82, 2.24) is 0 Å². The summed E-state index contributed by atoms with van der Waals surface area (Å²) in [4.78, 5) is 10.6. The van der Waals surface area contributed by atoms with E-state index in [1.165, 1.54) is 6.07 Å². The molecule has 1 aliphatic heterocycles. The van der Waals surface area contributed by atoms with E-state index in [9.17, 15) is 9.18 Å². The van der Waals surface area contributed by atoms with Gasteiger partial charge in [-0.05, 0) is 13.0 Å². The highest BCUT2D eigenvalue weighted by Gasteiger charge is 2.41. The van der Waals surface area contributed by atoms with Crippen molar-refractivity contribution in [2.24, 2.45) is 0 Å². The Hall–Kier alpha value is -1.46. The Morgan fingerprint density at radius 2 is 2.29 bits per heavy atom.